The molecule has 43 heavy (non-hydrogen) atoms. The second-order valence-electron chi connectivity index (χ2n) is 11.3. The molecule has 1 aliphatic heterocycles. The lowest BCUT2D eigenvalue weighted by molar-refractivity contribution is 0.334. The number of hydrogen-bond donors (Lipinski definition) is 3. The van der Waals surface area contributed by atoms with E-state index < -0.39 is 0 Å². The lowest BCUT2D eigenvalue weighted by Gasteiger charge is -2.14. The number of H-pyrrole nitrogens is 2. The van der Waals surface area contributed by atoms with Crippen LogP contribution in [0.5, 0.6) is 0 Å². The number of fused-ring (bicyclic) bond motifs is 2. The second kappa shape index (κ2) is 12.0. The van der Waals surface area contributed by atoms with Gasteiger partial charge < -0.3 is 15.2 Å². The van der Waals surface area contributed by atoms with E-state index in [1.807, 2.05) is 36.7 Å². The van der Waals surface area contributed by atoms with E-state index in [4.69, 9.17) is 9.97 Å². The van der Waals surface area contributed by atoms with Crippen molar-refractivity contribution >= 4 is 21.9 Å². The first kappa shape index (κ1) is 27.4. The Morgan fingerprint density at radius 2 is 1.81 bits per heavy atom. The first-order valence-corrected chi connectivity index (χ1v) is 15.1. The van der Waals surface area contributed by atoms with Crippen LogP contribution in [0.4, 0.5) is 4.39 Å². The summed E-state index contributed by atoms with van der Waals surface area (Å²) in [6.45, 7) is 7.16. The number of aromatic nitrogens is 6. The van der Waals surface area contributed by atoms with Crippen molar-refractivity contribution in [2.75, 3.05) is 26.2 Å². The van der Waals surface area contributed by atoms with E-state index in [2.05, 4.69) is 49.4 Å². The Bertz CT molecular complexity index is 1880. The molecule has 5 aromatic heterocycles. The predicted molar refractivity (Wildman–Crippen MR) is 169 cm³/mol. The number of aromatic amines is 2. The summed E-state index contributed by atoms with van der Waals surface area (Å²) in [4.78, 5) is 20.1. The molecule has 7 rings (SSSR count). The molecule has 0 amide bonds. The molecule has 218 valence electrons. The third-order valence-corrected chi connectivity index (χ3v) is 8.25. The van der Waals surface area contributed by atoms with Crippen molar-refractivity contribution in [1.29, 1.82) is 0 Å². The molecule has 8 nitrogen and oxygen atoms in total. The number of nitrogens with one attached hydrogen (secondary N) is 3. The third-order valence-electron chi connectivity index (χ3n) is 8.25. The molecule has 0 unspecified atom stereocenters. The molecule has 0 bridgehead atoms. The summed E-state index contributed by atoms with van der Waals surface area (Å²) in [6, 6.07) is 15.4. The lowest BCUT2D eigenvalue weighted by atomic mass is 10.0. The first-order valence-electron chi connectivity index (χ1n) is 15.1. The molecule has 0 radical (unpaired) electrons. The summed E-state index contributed by atoms with van der Waals surface area (Å²) in [6.07, 6.45) is 9.91. The van der Waals surface area contributed by atoms with Crippen LogP contribution in [0.3, 0.4) is 0 Å². The van der Waals surface area contributed by atoms with Crippen LogP contribution >= 0.6 is 0 Å². The molecular formula is C34H35FN8. The molecule has 6 heterocycles. The van der Waals surface area contributed by atoms with Crippen molar-refractivity contribution in [3.8, 4) is 33.9 Å². The maximum absolute atomic E-state index is 14.8. The van der Waals surface area contributed by atoms with Gasteiger partial charge in [-0.3, -0.25) is 15.1 Å². The zero-order valence-corrected chi connectivity index (χ0v) is 24.3. The van der Waals surface area contributed by atoms with E-state index in [-0.39, 0.29) is 5.82 Å². The minimum atomic E-state index is -0.234. The Balaban J connectivity index is 1.20. The monoisotopic (exact) mass is 574 g/mol. The molecule has 0 spiro atoms. The van der Waals surface area contributed by atoms with Crippen LogP contribution in [-0.4, -0.2) is 61.2 Å². The number of hydrogen-bond acceptors (Lipinski definition) is 6. The highest BCUT2D eigenvalue weighted by atomic mass is 19.1. The van der Waals surface area contributed by atoms with Gasteiger partial charge in [0.25, 0.3) is 0 Å². The van der Waals surface area contributed by atoms with Gasteiger partial charge in [-0.05, 0) is 112 Å². The number of aryl methyl sites for hydroxylation is 1. The number of rotatable bonds is 10. The Labute approximate surface area is 249 Å². The summed E-state index contributed by atoms with van der Waals surface area (Å²) in [5.41, 5.74) is 9.48. The van der Waals surface area contributed by atoms with Crippen LogP contribution in [0, 0.1) is 5.82 Å². The summed E-state index contributed by atoms with van der Waals surface area (Å²) < 4.78 is 14.8. The van der Waals surface area contributed by atoms with Crippen LogP contribution in [0.15, 0.2) is 67.1 Å². The quantitative estimate of drug-likeness (QED) is 0.173. The molecule has 1 fully saturated rings. The van der Waals surface area contributed by atoms with Gasteiger partial charge in [0.1, 0.15) is 17.0 Å². The number of benzene rings is 1. The molecule has 0 aliphatic carbocycles. The Kier molecular flexibility index (Phi) is 7.65. The van der Waals surface area contributed by atoms with E-state index in [0.717, 1.165) is 99.4 Å². The second-order valence-corrected chi connectivity index (χ2v) is 11.3. The van der Waals surface area contributed by atoms with Crippen molar-refractivity contribution in [2.45, 2.75) is 39.2 Å². The SMILES string of the molecule is CCNCc1cncc(-c2ccc3[nH]nc(-c4cc5c(-c6cc(F)cc(CCCN7CCCC7)c6)nccc5[nH]4)c3n2)c1. The summed E-state index contributed by atoms with van der Waals surface area (Å²) in [7, 11) is 0. The highest BCUT2D eigenvalue weighted by molar-refractivity contribution is 5.99. The van der Waals surface area contributed by atoms with Crippen molar-refractivity contribution in [1.82, 2.24) is 40.3 Å². The zero-order valence-electron chi connectivity index (χ0n) is 24.3. The molecule has 9 heteroatoms. The van der Waals surface area contributed by atoms with Crippen molar-refractivity contribution in [2.24, 2.45) is 0 Å². The highest BCUT2D eigenvalue weighted by Crippen LogP contribution is 2.34. The van der Waals surface area contributed by atoms with Gasteiger partial charge in [0.05, 0.1) is 22.6 Å². The highest BCUT2D eigenvalue weighted by Gasteiger charge is 2.17. The number of pyridine rings is 3. The fourth-order valence-electron chi connectivity index (χ4n) is 6.10. The van der Waals surface area contributed by atoms with Crippen LogP contribution in [0.2, 0.25) is 0 Å². The first-order chi connectivity index (χ1) is 21.1. The lowest BCUT2D eigenvalue weighted by Crippen LogP contribution is -2.20. The average Bonchev–Trinajstić information content (AvgIpc) is 3.79. The van der Waals surface area contributed by atoms with Gasteiger partial charge in [-0.25, -0.2) is 9.37 Å². The van der Waals surface area contributed by atoms with Crippen LogP contribution < -0.4 is 5.32 Å². The third kappa shape index (κ3) is 5.78. The van der Waals surface area contributed by atoms with Gasteiger partial charge in [0.2, 0.25) is 0 Å². The van der Waals surface area contributed by atoms with Crippen molar-refractivity contribution in [3.63, 3.8) is 0 Å². The maximum atomic E-state index is 14.8. The van der Waals surface area contributed by atoms with Crippen LogP contribution in [0.1, 0.15) is 37.3 Å². The van der Waals surface area contributed by atoms with E-state index in [1.54, 1.807) is 18.3 Å². The van der Waals surface area contributed by atoms with Crippen molar-refractivity contribution in [3.05, 3.63) is 84.1 Å². The molecule has 1 aliphatic rings. The molecule has 0 saturated carbocycles. The summed E-state index contributed by atoms with van der Waals surface area (Å²) >= 11 is 0. The fourth-order valence-corrected chi connectivity index (χ4v) is 6.10. The van der Waals surface area contributed by atoms with Crippen molar-refractivity contribution < 1.29 is 4.39 Å². The van der Waals surface area contributed by atoms with E-state index in [0.29, 0.717) is 0 Å². The molecule has 3 N–H and O–H groups in total. The number of nitrogens with zero attached hydrogens (tertiary/aromatic N) is 5. The van der Waals surface area contributed by atoms with Crippen LogP contribution in [-0.2, 0) is 13.0 Å². The molecule has 6 aromatic rings. The largest absolute Gasteiger partial charge is 0.353 e. The van der Waals surface area contributed by atoms with E-state index in [9.17, 15) is 4.39 Å². The zero-order chi connectivity index (χ0) is 29.2. The Morgan fingerprint density at radius 3 is 2.70 bits per heavy atom. The molecule has 1 aromatic carbocycles. The minimum Gasteiger partial charge on any atom is -0.353 e. The normalized spacial score (nSPS) is 13.9. The smallest absolute Gasteiger partial charge is 0.135 e. The molecule has 0 atom stereocenters. The van der Waals surface area contributed by atoms with Gasteiger partial charge >= 0.3 is 0 Å². The average molecular weight is 575 g/mol. The maximum Gasteiger partial charge on any atom is 0.135 e. The van der Waals surface area contributed by atoms with Crippen LogP contribution in [0.25, 0.3) is 55.8 Å². The van der Waals surface area contributed by atoms with Gasteiger partial charge in [-0.1, -0.05) is 6.92 Å². The van der Waals surface area contributed by atoms with Gasteiger partial charge in [-0.2, -0.15) is 5.10 Å². The van der Waals surface area contributed by atoms with Gasteiger partial charge in [0.15, 0.2) is 0 Å². The number of likely N-dealkylation sites (tertiary alicyclic amines) is 1. The summed E-state index contributed by atoms with van der Waals surface area (Å²) in [5, 5.41) is 12.0. The van der Waals surface area contributed by atoms with E-state index in [1.165, 1.54) is 25.9 Å². The fraction of sp³-hybridized carbons (Fsp3) is 0.294. The van der Waals surface area contributed by atoms with Gasteiger partial charge in [0, 0.05) is 47.2 Å². The predicted octanol–water partition coefficient (Wildman–Crippen LogP) is 6.51. The molecule has 1 saturated heterocycles. The summed E-state index contributed by atoms with van der Waals surface area (Å²) in [5.74, 6) is -0.234. The Morgan fingerprint density at radius 1 is 0.930 bits per heavy atom. The van der Waals surface area contributed by atoms with E-state index >= 15 is 0 Å². The Hall–Kier alpha value is -4.47. The topological polar surface area (TPSA) is 98.4 Å². The number of halogens is 1. The van der Waals surface area contributed by atoms with Gasteiger partial charge in [-0.15, -0.1) is 0 Å². The molecular weight excluding hydrogens is 539 g/mol. The standard InChI is InChI=1S/C34H35FN8/c1-2-36-19-23-15-25(21-37-20-23)28-7-8-30-33(40-28)34(42-41-30)31-18-27-29(39-31)9-10-38-32(27)24-14-22(16-26(35)17-24)6-5-13-43-11-3-4-12-43/h7-10,14-18,20-21,36,39H,2-6,11-13,19H2,1H3,(H,41,42). The minimum absolute atomic E-state index is 0.234.